The van der Waals surface area contributed by atoms with Crippen LogP contribution in [0.25, 0.3) is 0 Å². The minimum absolute atomic E-state index is 0.0766. The Balaban J connectivity index is 0.000000398. The van der Waals surface area contributed by atoms with Gasteiger partial charge in [0.15, 0.2) is 0 Å². The standard InChI is InChI=1S/C27H46O.C6H6/c1-18(2)7-6-8-19(3)23-11-12-24-22-10-9-20-17-21(28)13-15-26(20,4)25(22)14-16-27(23,24)5;1-2-4-6-5-3-1/h9,18-19,21-25,28H,6-8,10-17H2,1-5H3;1-6H/t19?,21-,22-,23+,24-,25-,26-,27+;/m0./s1. The highest BCUT2D eigenvalue weighted by Gasteiger charge is 2.59. The molecule has 1 nitrogen and oxygen atoms in total. The van der Waals surface area contributed by atoms with Gasteiger partial charge in [0.05, 0.1) is 6.10 Å². The van der Waals surface area contributed by atoms with Crippen LogP contribution in [-0.2, 0) is 0 Å². The Bertz CT molecular complexity index is 769. The normalized spacial score (nSPS) is 39.7. The first kappa shape index (κ1) is 26.0. The van der Waals surface area contributed by atoms with Gasteiger partial charge in [-0.15, -0.1) is 0 Å². The molecule has 4 aliphatic rings. The molecule has 1 heteroatoms. The van der Waals surface area contributed by atoms with Crippen molar-refractivity contribution in [3.63, 3.8) is 0 Å². The molecule has 1 aromatic carbocycles. The van der Waals surface area contributed by atoms with Crippen LogP contribution in [0.2, 0.25) is 0 Å². The summed E-state index contributed by atoms with van der Waals surface area (Å²) in [5, 5.41) is 10.2. The molecule has 3 fully saturated rings. The van der Waals surface area contributed by atoms with E-state index >= 15 is 0 Å². The van der Waals surface area contributed by atoms with E-state index in [1.807, 2.05) is 36.4 Å². The Morgan fingerprint density at radius 2 is 1.53 bits per heavy atom. The number of aliphatic hydroxyl groups excluding tert-OH is 1. The van der Waals surface area contributed by atoms with E-state index in [0.29, 0.717) is 10.8 Å². The van der Waals surface area contributed by atoms with E-state index in [2.05, 4.69) is 40.7 Å². The molecular formula is C33H52O. The third-order valence-electron chi connectivity index (χ3n) is 10.9. The molecule has 0 bridgehead atoms. The van der Waals surface area contributed by atoms with Gasteiger partial charge in [0, 0.05) is 0 Å². The SMILES string of the molecule is CC(C)CCCC(C)[C@H]1CC[C@H]2[C@@H]3CC=C4C[C@@H](O)CC[C@]4(C)[C@H]3CC[C@]12C.c1ccccc1. The molecule has 4 aliphatic carbocycles. The van der Waals surface area contributed by atoms with Crippen LogP contribution in [0.1, 0.15) is 105 Å². The van der Waals surface area contributed by atoms with Crippen LogP contribution in [0.4, 0.5) is 0 Å². The quantitative estimate of drug-likeness (QED) is 0.431. The lowest BCUT2D eigenvalue weighted by atomic mass is 9.47. The second-order valence-corrected chi connectivity index (χ2v) is 13.3. The van der Waals surface area contributed by atoms with Gasteiger partial charge in [0.25, 0.3) is 0 Å². The third kappa shape index (κ3) is 5.21. The van der Waals surface area contributed by atoms with Gasteiger partial charge in [0.2, 0.25) is 0 Å². The summed E-state index contributed by atoms with van der Waals surface area (Å²) in [5.74, 6) is 5.46. The van der Waals surface area contributed by atoms with Crippen molar-refractivity contribution in [3.8, 4) is 0 Å². The van der Waals surface area contributed by atoms with Gasteiger partial charge >= 0.3 is 0 Å². The van der Waals surface area contributed by atoms with Crippen LogP contribution in [0.15, 0.2) is 48.0 Å². The second-order valence-electron chi connectivity index (χ2n) is 13.3. The van der Waals surface area contributed by atoms with Gasteiger partial charge in [-0.2, -0.15) is 0 Å². The lowest BCUT2D eigenvalue weighted by Crippen LogP contribution is -2.50. The van der Waals surface area contributed by atoms with E-state index in [4.69, 9.17) is 0 Å². The number of hydrogen-bond acceptors (Lipinski definition) is 1. The maximum absolute atomic E-state index is 10.2. The fraction of sp³-hybridized carbons (Fsp3) is 0.758. The summed E-state index contributed by atoms with van der Waals surface area (Å²) in [6, 6.07) is 12.0. The first-order valence-corrected chi connectivity index (χ1v) is 14.6. The third-order valence-corrected chi connectivity index (χ3v) is 10.9. The zero-order valence-corrected chi connectivity index (χ0v) is 22.8. The maximum Gasteiger partial charge on any atom is 0.0577 e. The predicted molar refractivity (Wildman–Crippen MR) is 145 cm³/mol. The van der Waals surface area contributed by atoms with Crippen molar-refractivity contribution < 1.29 is 5.11 Å². The molecule has 0 amide bonds. The molecule has 1 aromatic rings. The number of fused-ring (bicyclic) bond motifs is 5. The molecular weight excluding hydrogens is 412 g/mol. The van der Waals surface area contributed by atoms with Crippen molar-refractivity contribution in [2.45, 2.75) is 111 Å². The predicted octanol–water partition coefficient (Wildman–Crippen LogP) is 9.08. The number of rotatable bonds is 5. The molecule has 3 saturated carbocycles. The molecule has 1 unspecified atom stereocenters. The average Bonchev–Trinajstić information content (AvgIpc) is 3.18. The number of aliphatic hydroxyl groups is 1. The molecule has 0 heterocycles. The van der Waals surface area contributed by atoms with Gasteiger partial charge < -0.3 is 5.11 Å². The molecule has 0 aromatic heterocycles. The second kappa shape index (κ2) is 10.9. The zero-order valence-electron chi connectivity index (χ0n) is 22.8. The molecule has 8 atom stereocenters. The summed E-state index contributed by atoms with van der Waals surface area (Å²) in [6.45, 7) is 12.6. The summed E-state index contributed by atoms with van der Waals surface area (Å²) in [7, 11) is 0. The van der Waals surface area contributed by atoms with E-state index in [0.717, 1.165) is 48.3 Å². The van der Waals surface area contributed by atoms with Crippen LogP contribution in [0.3, 0.4) is 0 Å². The lowest BCUT2D eigenvalue weighted by molar-refractivity contribution is -0.0573. The highest BCUT2D eigenvalue weighted by molar-refractivity contribution is 5.25. The van der Waals surface area contributed by atoms with Gasteiger partial charge in [-0.1, -0.05) is 102 Å². The Morgan fingerprint density at radius 1 is 0.853 bits per heavy atom. The molecule has 0 radical (unpaired) electrons. The highest BCUT2D eigenvalue weighted by Crippen LogP contribution is 2.67. The Labute approximate surface area is 210 Å². The van der Waals surface area contributed by atoms with E-state index in [1.54, 1.807) is 5.57 Å². The van der Waals surface area contributed by atoms with Crippen LogP contribution in [-0.4, -0.2) is 11.2 Å². The Hall–Kier alpha value is -1.08. The van der Waals surface area contributed by atoms with Crippen molar-refractivity contribution in [3.05, 3.63) is 48.0 Å². The fourth-order valence-electron chi connectivity index (χ4n) is 9.05. The molecule has 34 heavy (non-hydrogen) atoms. The summed E-state index contributed by atoms with van der Waals surface area (Å²) < 4.78 is 0. The highest BCUT2D eigenvalue weighted by atomic mass is 16.3. The number of allylic oxidation sites excluding steroid dienone is 1. The summed E-state index contributed by atoms with van der Waals surface area (Å²) in [6.07, 6.45) is 17.2. The zero-order chi connectivity index (χ0) is 24.3. The summed E-state index contributed by atoms with van der Waals surface area (Å²) in [5.41, 5.74) is 2.60. The topological polar surface area (TPSA) is 20.2 Å². The van der Waals surface area contributed by atoms with Gasteiger partial charge in [-0.3, -0.25) is 0 Å². The molecule has 1 N–H and O–H groups in total. The summed E-state index contributed by atoms with van der Waals surface area (Å²) in [4.78, 5) is 0. The van der Waals surface area contributed by atoms with Crippen LogP contribution in [0.5, 0.6) is 0 Å². The molecule has 0 saturated heterocycles. The molecule has 190 valence electrons. The molecule has 0 spiro atoms. The molecule has 0 aliphatic heterocycles. The van der Waals surface area contributed by atoms with Crippen LogP contribution in [0, 0.1) is 46.3 Å². The number of hydrogen-bond donors (Lipinski definition) is 1. The van der Waals surface area contributed by atoms with Crippen molar-refractivity contribution in [2.75, 3.05) is 0 Å². The maximum atomic E-state index is 10.2. The van der Waals surface area contributed by atoms with Crippen molar-refractivity contribution in [1.29, 1.82) is 0 Å². The molecule has 5 rings (SSSR count). The van der Waals surface area contributed by atoms with E-state index < -0.39 is 0 Å². The Kier molecular flexibility index (Phi) is 8.33. The van der Waals surface area contributed by atoms with Gasteiger partial charge in [-0.25, -0.2) is 0 Å². The van der Waals surface area contributed by atoms with Crippen molar-refractivity contribution >= 4 is 0 Å². The smallest absolute Gasteiger partial charge is 0.0577 e. The van der Waals surface area contributed by atoms with Gasteiger partial charge in [0.1, 0.15) is 0 Å². The first-order chi connectivity index (χ1) is 16.3. The number of benzene rings is 1. The van der Waals surface area contributed by atoms with E-state index in [1.165, 1.54) is 57.8 Å². The van der Waals surface area contributed by atoms with Crippen molar-refractivity contribution in [2.24, 2.45) is 46.3 Å². The fourth-order valence-corrected chi connectivity index (χ4v) is 9.05. The monoisotopic (exact) mass is 464 g/mol. The van der Waals surface area contributed by atoms with Crippen LogP contribution >= 0.6 is 0 Å². The largest absolute Gasteiger partial charge is 0.393 e. The first-order valence-electron chi connectivity index (χ1n) is 14.6. The lowest BCUT2D eigenvalue weighted by Gasteiger charge is -2.58. The van der Waals surface area contributed by atoms with Gasteiger partial charge in [-0.05, 0) is 97.7 Å². The van der Waals surface area contributed by atoms with Crippen molar-refractivity contribution in [1.82, 2.24) is 0 Å². The Morgan fingerprint density at radius 3 is 2.18 bits per heavy atom. The minimum Gasteiger partial charge on any atom is -0.393 e. The summed E-state index contributed by atoms with van der Waals surface area (Å²) >= 11 is 0. The average molecular weight is 465 g/mol. The van der Waals surface area contributed by atoms with Crippen LogP contribution < -0.4 is 0 Å². The van der Waals surface area contributed by atoms with E-state index in [9.17, 15) is 5.11 Å². The minimum atomic E-state index is -0.0766. The van der Waals surface area contributed by atoms with E-state index in [-0.39, 0.29) is 6.10 Å².